The van der Waals surface area contributed by atoms with Crippen LogP contribution in [-0.2, 0) is 0 Å². The van der Waals surface area contributed by atoms with Crippen LogP contribution in [0.5, 0.6) is 0 Å². The zero-order valence-electron chi connectivity index (χ0n) is 14.4. The maximum atomic E-state index is 10.9. The Labute approximate surface area is 135 Å². The molecule has 0 spiro atoms. The normalized spacial score (nSPS) is 51.5. The first kappa shape index (κ1) is 16.3. The Kier molecular flexibility index (Phi) is 3.85. The third-order valence-corrected chi connectivity index (χ3v) is 7.63. The maximum Gasteiger partial charge on any atom is 0.0840 e. The first-order chi connectivity index (χ1) is 10.3. The minimum absolute atomic E-state index is 0.0408. The third-order valence-electron chi connectivity index (χ3n) is 7.63. The van der Waals surface area contributed by atoms with Gasteiger partial charge in [0.15, 0.2) is 0 Å². The largest absolute Gasteiger partial charge is 0.396 e. The molecule has 0 aromatic rings. The molecule has 0 unspecified atom stereocenters. The molecule has 0 amide bonds. The molecule has 2 fully saturated rings. The second-order valence-corrected chi connectivity index (χ2v) is 8.87. The van der Waals surface area contributed by atoms with Gasteiger partial charge in [0.2, 0.25) is 0 Å². The van der Waals surface area contributed by atoms with Gasteiger partial charge in [-0.05, 0) is 60.3 Å². The average Bonchev–Trinajstić information content (AvgIpc) is 2.51. The van der Waals surface area contributed by atoms with Crippen molar-refractivity contribution >= 4 is 0 Å². The minimum Gasteiger partial charge on any atom is -0.396 e. The lowest BCUT2D eigenvalue weighted by atomic mass is 9.45. The topological polar surface area (TPSA) is 40.5 Å². The van der Waals surface area contributed by atoms with E-state index in [2.05, 4.69) is 33.4 Å². The molecule has 124 valence electrons. The highest BCUT2D eigenvalue weighted by Crippen LogP contribution is 2.63. The average molecular weight is 304 g/mol. The third kappa shape index (κ3) is 2.06. The fraction of sp³-hybridized carbons (Fsp3) is 0.800. The van der Waals surface area contributed by atoms with E-state index < -0.39 is 0 Å². The van der Waals surface area contributed by atoms with Gasteiger partial charge in [0.1, 0.15) is 0 Å². The highest BCUT2D eigenvalue weighted by atomic mass is 16.3. The Morgan fingerprint density at radius 2 is 2.00 bits per heavy atom. The first-order valence-electron chi connectivity index (χ1n) is 8.93. The highest BCUT2D eigenvalue weighted by molar-refractivity contribution is 5.29. The van der Waals surface area contributed by atoms with Gasteiger partial charge in [-0.1, -0.05) is 39.3 Å². The van der Waals surface area contributed by atoms with Gasteiger partial charge in [-0.25, -0.2) is 0 Å². The monoisotopic (exact) mass is 304 g/mol. The molecule has 6 atom stereocenters. The van der Waals surface area contributed by atoms with Crippen molar-refractivity contribution < 1.29 is 10.2 Å². The molecular weight excluding hydrogens is 272 g/mol. The summed E-state index contributed by atoms with van der Waals surface area (Å²) in [6.07, 6.45) is 10.6. The van der Waals surface area contributed by atoms with E-state index in [-0.39, 0.29) is 29.0 Å². The minimum atomic E-state index is -0.385. The van der Waals surface area contributed by atoms with E-state index in [1.165, 1.54) is 18.4 Å². The number of hydrogen-bond acceptors (Lipinski definition) is 2. The maximum absolute atomic E-state index is 10.9. The van der Waals surface area contributed by atoms with Crippen molar-refractivity contribution in [1.82, 2.24) is 0 Å². The zero-order chi connectivity index (χ0) is 16.2. The van der Waals surface area contributed by atoms with Crippen molar-refractivity contribution in [1.29, 1.82) is 0 Å². The predicted octanol–water partition coefficient (Wildman–Crippen LogP) is 4.08. The Morgan fingerprint density at radius 3 is 2.64 bits per heavy atom. The summed E-state index contributed by atoms with van der Waals surface area (Å²) in [4.78, 5) is 0. The van der Waals surface area contributed by atoms with Gasteiger partial charge in [-0.3, -0.25) is 0 Å². The Bertz CT molecular complexity index is 496. The summed E-state index contributed by atoms with van der Waals surface area (Å²) >= 11 is 0. The van der Waals surface area contributed by atoms with Gasteiger partial charge < -0.3 is 10.2 Å². The van der Waals surface area contributed by atoms with Crippen LogP contribution in [0.3, 0.4) is 0 Å². The summed E-state index contributed by atoms with van der Waals surface area (Å²) in [5.41, 5.74) is 1.35. The molecule has 3 aliphatic rings. The van der Waals surface area contributed by atoms with Crippen LogP contribution in [-0.4, -0.2) is 22.9 Å². The van der Waals surface area contributed by atoms with E-state index in [9.17, 15) is 10.2 Å². The number of aliphatic hydroxyl groups is 2. The second-order valence-electron chi connectivity index (χ2n) is 8.87. The molecule has 0 bridgehead atoms. The summed E-state index contributed by atoms with van der Waals surface area (Å²) in [5, 5.41) is 20.9. The standard InChI is InChI=1S/C20H32O2/c1-5-18(2)12-9-15-14(17(18)22)7-8-16-19(3,13-21)10-6-11-20(15,16)4/h5,7,15-17,21-22H,1,6,8-13H2,2-4H3/t15-,16-,17+,18-,19-,20+/m0/s1. The lowest BCUT2D eigenvalue weighted by molar-refractivity contribution is -0.0924. The molecule has 0 saturated heterocycles. The Morgan fingerprint density at radius 1 is 1.27 bits per heavy atom. The van der Waals surface area contributed by atoms with E-state index >= 15 is 0 Å². The fourth-order valence-electron chi connectivity index (χ4n) is 5.94. The molecule has 2 N–H and O–H groups in total. The number of rotatable bonds is 2. The molecule has 3 rings (SSSR count). The van der Waals surface area contributed by atoms with Gasteiger partial charge in [0.05, 0.1) is 6.10 Å². The highest BCUT2D eigenvalue weighted by Gasteiger charge is 2.57. The number of hydrogen-bond donors (Lipinski definition) is 2. The van der Waals surface area contributed by atoms with Crippen molar-refractivity contribution in [2.45, 2.75) is 65.4 Å². The lowest BCUT2D eigenvalue weighted by Crippen LogP contribution is -2.54. The van der Waals surface area contributed by atoms with Crippen LogP contribution in [0.1, 0.15) is 59.3 Å². The quantitative estimate of drug-likeness (QED) is 0.755. The van der Waals surface area contributed by atoms with Crippen LogP contribution in [0, 0.1) is 28.1 Å². The van der Waals surface area contributed by atoms with E-state index in [4.69, 9.17) is 0 Å². The number of aliphatic hydroxyl groups excluding tert-OH is 2. The summed E-state index contributed by atoms with van der Waals surface area (Å²) in [7, 11) is 0. The molecule has 0 aromatic heterocycles. The summed E-state index contributed by atoms with van der Waals surface area (Å²) < 4.78 is 0. The van der Waals surface area contributed by atoms with Crippen LogP contribution >= 0.6 is 0 Å². The molecule has 0 aromatic carbocycles. The van der Waals surface area contributed by atoms with Crippen LogP contribution in [0.25, 0.3) is 0 Å². The van der Waals surface area contributed by atoms with Crippen molar-refractivity contribution in [2.24, 2.45) is 28.1 Å². The molecule has 2 heteroatoms. The number of fused-ring (bicyclic) bond motifs is 3. The van der Waals surface area contributed by atoms with E-state index in [0.29, 0.717) is 11.8 Å². The van der Waals surface area contributed by atoms with Crippen LogP contribution in [0.15, 0.2) is 24.3 Å². The molecule has 0 heterocycles. The molecule has 0 radical (unpaired) electrons. The van der Waals surface area contributed by atoms with Gasteiger partial charge in [-0.2, -0.15) is 0 Å². The van der Waals surface area contributed by atoms with Gasteiger partial charge in [-0.15, -0.1) is 6.58 Å². The summed E-state index contributed by atoms with van der Waals surface area (Å²) in [6.45, 7) is 11.1. The van der Waals surface area contributed by atoms with Crippen molar-refractivity contribution in [3.05, 3.63) is 24.3 Å². The fourth-order valence-corrected chi connectivity index (χ4v) is 5.94. The van der Waals surface area contributed by atoms with Crippen molar-refractivity contribution in [2.75, 3.05) is 6.61 Å². The Hall–Kier alpha value is -0.600. The second kappa shape index (κ2) is 5.21. The molecule has 0 aliphatic heterocycles. The summed E-state index contributed by atoms with van der Waals surface area (Å²) in [6, 6.07) is 0. The van der Waals surface area contributed by atoms with Crippen LogP contribution in [0.2, 0.25) is 0 Å². The Balaban J connectivity index is 2.00. The molecule has 2 nitrogen and oxygen atoms in total. The first-order valence-corrected chi connectivity index (χ1v) is 8.93. The summed E-state index contributed by atoms with van der Waals surface area (Å²) in [5.74, 6) is 1.01. The van der Waals surface area contributed by atoms with Gasteiger partial charge in [0.25, 0.3) is 0 Å². The smallest absolute Gasteiger partial charge is 0.0840 e. The SMILES string of the molecule is C=C[C@@]1(C)CC[C@H]2C(=CC[C@H]3[C@](C)(CO)CCC[C@]23C)[C@H]1O. The van der Waals surface area contributed by atoms with E-state index in [1.54, 1.807) is 0 Å². The zero-order valence-corrected chi connectivity index (χ0v) is 14.4. The predicted molar refractivity (Wildman–Crippen MR) is 90.4 cm³/mol. The number of allylic oxidation sites excluding steroid dienone is 1. The lowest BCUT2D eigenvalue weighted by Gasteiger charge is -2.60. The van der Waals surface area contributed by atoms with Gasteiger partial charge >= 0.3 is 0 Å². The van der Waals surface area contributed by atoms with Crippen LogP contribution < -0.4 is 0 Å². The van der Waals surface area contributed by atoms with Crippen molar-refractivity contribution in [3.63, 3.8) is 0 Å². The molecule has 22 heavy (non-hydrogen) atoms. The molecular formula is C20H32O2. The van der Waals surface area contributed by atoms with Crippen molar-refractivity contribution in [3.8, 4) is 0 Å². The van der Waals surface area contributed by atoms with E-state index in [1.807, 2.05) is 6.08 Å². The van der Waals surface area contributed by atoms with Crippen LogP contribution in [0.4, 0.5) is 0 Å². The van der Waals surface area contributed by atoms with E-state index in [0.717, 1.165) is 25.7 Å². The molecule has 2 saturated carbocycles. The molecule has 3 aliphatic carbocycles. The van der Waals surface area contributed by atoms with Gasteiger partial charge in [0, 0.05) is 12.0 Å².